The Kier molecular flexibility index (Phi) is 5.37. The fourth-order valence-electron chi connectivity index (χ4n) is 1.87. The Morgan fingerprint density at radius 2 is 1.62 bits per heavy atom. The number of hydrogen-bond donors (Lipinski definition) is 1. The number of halogens is 1. The highest BCUT2D eigenvalue weighted by Gasteiger charge is 2.13. The fourth-order valence-corrected chi connectivity index (χ4v) is 3.57. The van der Waals surface area contributed by atoms with Crippen molar-refractivity contribution in [2.75, 3.05) is 11.0 Å². The Labute approximate surface area is 146 Å². The highest BCUT2D eigenvalue weighted by molar-refractivity contribution is 7.95. The normalized spacial score (nSPS) is 12.5. The summed E-state index contributed by atoms with van der Waals surface area (Å²) in [7, 11) is -7.21. The van der Waals surface area contributed by atoms with Gasteiger partial charge in [-0.3, -0.25) is 4.72 Å². The number of nitrogens with one attached hydrogen (secondary N) is 1. The lowest BCUT2D eigenvalue weighted by atomic mass is 10.2. The molecule has 0 aliphatic rings. The Balaban J connectivity index is 2.27. The lowest BCUT2D eigenvalue weighted by Gasteiger charge is -2.09. The van der Waals surface area contributed by atoms with Gasteiger partial charge in [-0.05, 0) is 48.4 Å². The molecule has 0 unspecified atom stereocenters. The van der Waals surface area contributed by atoms with Crippen LogP contribution in [0.3, 0.4) is 0 Å². The molecule has 8 heteroatoms. The van der Waals surface area contributed by atoms with Crippen molar-refractivity contribution < 1.29 is 16.8 Å². The molecule has 5 nitrogen and oxygen atoms in total. The smallest absolute Gasteiger partial charge is 0.255 e. The van der Waals surface area contributed by atoms with Gasteiger partial charge in [0.05, 0.1) is 16.0 Å². The summed E-state index contributed by atoms with van der Waals surface area (Å²) in [5, 5.41) is 1.57. The van der Waals surface area contributed by atoms with Gasteiger partial charge < -0.3 is 0 Å². The van der Waals surface area contributed by atoms with Crippen molar-refractivity contribution in [3.05, 3.63) is 64.0 Å². The number of rotatable bonds is 5. The molecular formula is C16H16ClNO4S2. The lowest BCUT2D eigenvalue weighted by Crippen LogP contribution is -2.11. The van der Waals surface area contributed by atoms with Gasteiger partial charge in [0.25, 0.3) is 10.0 Å². The van der Waals surface area contributed by atoms with E-state index in [-0.39, 0.29) is 10.6 Å². The van der Waals surface area contributed by atoms with Crippen molar-refractivity contribution >= 4 is 43.2 Å². The average molecular weight is 386 g/mol. The van der Waals surface area contributed by atoms with Crippen molar-refractivity contribution in [1.29, 1.82) is 0 Å². The van der Waals surface area contributed by atoms with Crippen molar-refractivity contribution in [1.82, 2.24) is 0 Å². The second-order valence-corrected chi connectivity index (χ2v) is 9.27. The van der Waals surface area contributed by atoms with Gasteiger partial charge in [-0.15, -0.1) is 0 Å². The highest BCUT2D eigenvalue weighted by atomic mass is 35.5. The third-order valence-electron chi connectivity index (χ3n) is 3.20. The van der Waals surface area contributed by atoms with Gasteiger partial charge in [0.15, 0.2) is 9.84 Å². The van der Waals surface area contributed by atoms with Crippen LogP contribution in [0.15, 0.2) is 52.8 Å². The van der Waals surface area contributed by atoms with Crippen LogP contribution in [0.5, 0.6) is 0 Å². The lowest BCUT2D eigenvalue weighted by molar-refractivity contribution is 0.601. The second-order valence-electron chi connectivity index (χ2n) is 5.25. The van der Waals surface area contributed by atoms with Crippen LogP contribution in [0.1, 0.15) is 11.1 Å². The quantitative estimate of drug-likeness (QED) is 0.854. The van der Waals surface area contributed by atoms with Crippen LogP contribution >= 0.6 is 11.6 Å². The van der Waals surface area contributed by atoms with Gasteiger partial charge in [-0.2, -0.15) is 0 Å². The topological polar surface area (TPSA) is 80.3 Å². The van der Waals surface area contributed by atoms with Crippen LogP contribution in [0.25, 0.3) is 6.08 Å². The molecule has 2 aromatic rings. The number of aryl methyl sites for hydroxylation is 1. The summed E-state index contributed by atoms with van der Waals surface area (Å²) >= 11 is 5.77. The summed E-state index contributed by atoms with van der Waals surface area (Å²) < 4.78 is 49.9. The predicted molar refractivity (Wildman–Crippen MR) is 97.3 cm³/mol. The highest BCUT2D eigenvalue weighted by Crippen LogP contribution is 2.22. The first kappa shape index (κ1) is 18.5. The van der Waals surface area contributed by atoms with Gasteiger partial charge in [0.1, 0.15) is 0 Å². The molecule has 0 aliphatic heterocycles. The van der Waals surface area contributed by atoms with Crippen LogP contribution in [0, 0.1) is 6.92 Å². The number of benzene rings is 2. The van der Waals surface area contributed by atoms with Crippen molar-refractivity contribution in [3.63, 3.8) is 0 Å². The van der Waals surface area contributed by atoms with E-state index in [0.717, 1.165) is 11.7 Å². The zero-order valence-electron chi connectivity index (χ0n) is 13.0. The molecule has 2 aromatic carbocycles. The summed E-state index contributed by atoms with van der Waals surface area (Å²) in [4.78, 5) is 0.0486. The van der Waals surface area contributed by atoms with E-state index in [4.69, 9.17) is 11.6 Å². The maximum Gasteiger partial charge on any atom is 0.255 e. The molecule has 0 fully saturated rings. The van der Waals surface area contributed by atoms with E-state index in [9.17, 15) is 16.8 Å². The van der Waals surface area contributed by atoms with E-state index in [1.165, 1.54) is 18.2 Å². The summed E-state index contributed by atoms with van der Waals surface area (Å²) in [6.45, 7) is 1.69. The third kappa shape index (κ3) is 5.09. The molecule has 0 saturated heterocycles. The molecule has 1 N–H and O–H groups in total. The van der Waals surface area contributed by atoms with Gasteiger partial charge in [0, 0.05) is 11.3 Å². The van der Waals surface area contributed by atoms with Crippen molar-refractivity contribution in [3.8, 4) is 0 Å². The first-order valence-corrected chi connectivity index (χ1v) is 10.7. The van der Waals surface area contributed by atoms with E-state index >= 15 is 0 Å². The Bertz CT molecular complexity index is 979. The minimum Gasteiger partial charge on any atom is -0.280 e. The molecular weight excluding hydrogens is 370 g/mol. The standard InChI is InChI=1S/C16H16ClNO4S2/c1-12-3-8-15(23(2,19)20)11-16(12)18-24(21,22)10-9-13-4-6-14(17)7-5-13/h3-11,18H,1-2H3/b10-9+. The van der Waals surface area contributed by atoms with E-state index in [2.05, 4.69) is 4.72 Å². The summed E-state index contributed by atoms with van der Waals surface area (Å²) in [6, 6.07) is 11.0. The molecule has 2 rings (SSSR count). The van der Waals surface area contributed by atoms with E-state index < -0.39 is 19.9 Å². The van der Waals surface area contributed by atoms with Crippen LogP contribution in [-0.4, -0.2) is 23.1 Å². The van der Waals surface area contributed by atoms with Gasteiger partial charge in [0.2, 0.25) is 0 Å². The molecule has 0 heterocycles. The SMILES string of the molecule is Cc1ccc(S(C)(=O)=O)cc1NS(=O)(=O)/C=C/c1ccc(Cl)cc1. The molecule has 0 bridgehead atoms. The van der Waals surface area contributed by atoms with E-state index in [0.29, 0.717) is 16.1 Å². The molecule has 24 heavy (non-hydrogen) atoms. The second kappa shape index (κ2) is 6.96. The molecule has 0 amide bonds. The number of anilines is 1. The molecule has 0 atom stereocenters. The van der Waals surface area contributed by atoms with Gasteiger partial charge in [-0.1, -0.05) is 29.8 Å². The monoisotopic (exact) mass is 385 g/mol. The first-order chi connectivity index (χ1) is 11.1. The summed E-state index contributed by atoms with van der Waals surface area (Å²) in [6.07, 6.45) is 2.49. The minimum absolute atomic E-state index is 0.0486. The Morgan fingerprint density at radius 1 is 1.00 bits per heavy atom. The zero-order valence-corrected chi connectivity index (χ0v) is 15.4. The van der Waals surface area contributed by atoms with Crippen LogP contribution < -0.4 is 4.72 Å². The fraction of sp³-hybridized carbons (Fsp3) is 0.125. The summed E-state index contributed by atoms with van der Waals surface area (Å²) in [5.74, 6) is 0. The Morgan fingerprint density at radius 3 is 2.21 bits per heavy atom. The van der Waals surface area contributed by atoms with Crippen LogP contribution in [0.4, 0.5) is 5.69 Å². The van der Waals surface area contributed by atoms with Crippen molar-refractivity contribution in [2.24, 2.45) is 0 Å². The summed E-state index contributed by atoms with van der Waals surface area (Å²) in [5.41, 5.74) is 1.51. The maximum atomic E-state index is 12.2. The molecule has 0 saturated carbocycles. The minimum atomic E-state index is -3.79. The van der Waals surface area contributed by atoms with Gasteiger partial charge >= 0.3 is 0 Å². The number of sulfone groups is 1. The third-order valence-corrected chi connectivity index (χ3v) is 5.56. The van der Waals surface area contributed by atoms with E-state index in [1.54, 1.807) is 37.3 Å². The Hall–Kier alpha value is -1.83. The van der Waals surface area contributed by atoms with Crippen LogP contribution in [0.2, 0.25) is 5.02 Å². The maximum absolute atomic E-state index is 12.2. The molecule has 0 spiro atoms. The van der Waals surface area contributed by atoms with Gasteiger partial charge in [-0.25, -0.2) is 16.8 Å². The molecule has 128 valence electrons. The van der Waals surface area contributed by atoms with E-state index in [1.807, 2.05) is 0 Å². The van der Waals surface area contributed by atoms with Crippen LogP contribution in [-0.2, 0) is 19.9 Å². The molecule has 0 aromatic heterocycles. The average Bonchev–Trinajstić information content (AvgIpc) is 2.48. The molecule has 0 aliphatic carbocycles. The largest absolute Gasteiger partial charge is 0.280 e. The predicted octanol–water partition coefficient (Wildman–Crippen LogP) is 3.46. The number of sulfonamides is 1. The number of hydrogen-bond acceptors (Lipinski definition) is 4. The zero-order chi connectivity index (χ0) is 18.0. The van der Waals surface area contributed by atoms with Crippen molar-refractivity contribution in [2.45, 2.75) is 11.8 Å². The first-order valence-electron chi connectivity index (χ1n) is 6.84. The molecule has 0 radical (unpaired) electrons.